The van der Waals surface area contributed by atoms with Gasteiger partial charge in [0.05, 0.1) is 0 Å². The number of aryl methyl sites for hydroxylation is 1. The first-order valence-electron chi connectivity index (χ1n) is 6.49. The predicted octanol–water partition coefficient (Wildman–Crippen LogP) is 3.82. The molecule has 4 heteroatoms. The van der Waals surface area contributed by atoms with Crippen LogP contribution in [-0.2, 0) is 0 Å². The molecule has 0 aromatic carbocycles. The molecule has 1 N–H and O–H groups in total. The van der Waals surface area contributed by atoms with Crippen molar-refractivity contribution in [1.29, 1.82) is 0 Å². The van der Waals surface area contributed by atoms with Crippen molar-refractivity contribution in [2.75, 3.05) is 11.9 Å². The topological polar surface area (TPSA) is 37.8 Å². The molecule has 3 nitrogen and oxygen atoms in total. The van der Waals surface area contributed by atoms with Crippen molar-refractivity contribution in [3.63, 3.8) is 0 Å². The molecular weight excluding hydrogens is 234 g/mol. The summed E-state index contributed by atoms with van der Waals surface area (Å²) in [6.45, 7) is 2.90. The molecule has 0 radical (unpaired) electrons. The molecule has 0 bridgehead atoms. The van der Waals surface area contributed by atoms with Crippen LogP contribution in [0.15, 0.2) is 6.07 Å². The number of rotatable bonds is 5. The van der Waals surface area contributed by atoms with Crippen LogP contribution in [0.1, 0.15) is 44.2 Å². The average Bonchev–Trinajstić information content (AvgIpc) is 2.76. The lowest BCUT2D eigenvalue weighted by Gasteiger charge is -2.10. The Hall–Kier alpha value is -0.830. The van der Waals surface area contributed by atoms with E-state index in [1.165, 1.54) is 38.5 Å². The van der Waals surface area contributed by atoms with Crippen LogP contribution < -0.4 is 5.32 Å². The van der Waals surface area contributed by atoms with Crippen LogP contribution in [0.2, 0.25) is 5.28 Å². The van der Waals surface area contributed by atoms with Gasteiger partial charge in [0.25, 0.3) is 0 Å². The number of hydrogen-bond donors (Lipinski definition) is 1. The molecule has 0 aliphatic heterocycles. The number of nitrogens with one attached hydrogen (secondary N) is 1. The second-order valence-corrected chi connectivity index (χ2v) is 5.22. The van der Waals surface area contributed by atoms with Gasteiger partial charge in [0.15, 0.2) is 0 Å². The molecule has 1 aliphatic carbocycles. The summed E-state index contributed by atoms with van der Waals surface area (Å²) in [6.07, 6.45) is 8.27. The van der Waals surface area contributed by atoms with Crippen LogP contribution in [0.5, 0.6) is 0 Å². The molecule has 1 aliphatic rings. The molecule has 0 atom stereocenters. The fraction of sp³-hybridized carbons (Fsp3) is 0.692. The minimum absolute atomic E-state index is 0.322. The average molecular weight is 254 g/mol. The Morgan fingerprint density at radius 2 is 2.12 bits per heavy atom. The van der Waals surface area contributed by atoms with Crippen molar-refractivity contribution >= 4 is 17.4 Å². The second kappa shape index (κ2) is 6.20. The van der Waals surface area contributed by atoms with Crippen LogP contribution in [-0.4, -0.2) is 16.5 Å². The summed E-state index contributed by atoms with van der Waals surface area (Å²) in [5, 5.41) is 3.64. The van der Waals surface area contributed by atoms with Gasteiger partial charge in [-0.05, 0) is 37.3 Å². The molecule has 1 aromatic heterocycles. The van der Waals surface area contributed by atoms with Crippen LogP contribution in [0, 0.1) is 12.8 Å². The molecular formula is C13H20ClN3. The maximum Gasteiger partial charge on any atom is 0.224 e. The normalized spacial score (nSPS) is 16.4. The maximum atomic E-state index is 5.80. The van der Waals surface area contributed by atoms with E-state index in [1.807, 2.05) is 13.0 Å². The third-order valence-electron chi connectivity index (χ3n) is 3.40. The lowest BCUT2D eigenvalue weighted by Crippen LogP contribution is -2.06. The third kappa shape index (κ3) is 4.15. The van der Waals surface area contributed by atoms with Crippen molar-refractivity contribution in [3.05, 3.63) is 17.0 Å². The Labute approximate surface area is 108 Å². The van der Waals surface area contributed by atoms with Crippen molar-refractivity contribution < 1.29 is 0 Å². The van der Waals surface area contributed by atoms with Crippen molar-refractivity contribution in [3.8, 4) is 0 Å². The van der Waals surface area contributed by atoms with E-state index < -0.39 is 0 Å². The molecule has 0 amide bonds. The lowest BCUT2D eigenvalue weighted by molar-refractivity contribution is 0.491. The molecule has 1 saturated carbocycles. The summed E-state index contributed by atoms with van der Waals surface area (Å²) >= 11 is 5.80. The van der Waals surface area contributed by atoms with Gasteiger partial charge in [-0.15, -0.1) is 0 Å². The van der Waals surface area contributed by atoms with E-state index in [0.717, 1.165) is 24.0 Å². The number of nitrogens with zero attached hydrogens (tertiary/aromatic N) is 2. The van der Waals surface area contributed by atoms with Crippen LogP contribution >= 0.6 is 11.6 Å². The summed E-state index contributed by atoms with van der Waals surface area (Å²) in [7, 11) is 0. The second-order valence-electron chi connectivity index (χ2n) is 4.88. The zero-order valence-corrected chi connectivity index (χ0v) is 11.1. The molecule has 2 rings (SSSR count). The molecule has 0 saturated heterocycles. The van der Waals surface area contributed by atoms with Crippen molar-refractivity contribution in [2.24, 2.45) is 5.92 Å². The van der Waals surface area contributed by atoms with Gasteiger partial charge in [-0.2, -0.15) is 0 Å². The highest BCUT2D eigenvalue weighted by atomic mass is 35.5. The largest absolute Gasteiger partial charge is 0.370 e. The van der Waals surface area contributed by atoms with Crippen LogP contribution in [0.4, 0.5) is 5.82 Å². The smallest absolute Gasteiger partial charge is 0.224 e. The Morgan fingerprint density at radius 1 is 1.35 bits per heavy atom. The molecule has 0 unspecified atom stereocenters. The van der Waals surface area contributed by atoms with Gasteiger partial charge in [-0.3, -0.25) is 0 Å². The fourth-order valence-electron chi connectivity index (χ4n) is 2.53. The van der Waals surface area contributed by atoms with Gasteiger partial charge >= 0.3 is 0 Å². The highest BCUT2D eigenvalue weighted by Gasteiger charge is 2.13. The van der Waals surface area contributed by atoms with Crippen LogP contribution in [0.25, 0.3) is 0 Å². The molecule has 1 fully saturated rings. The molecule has 1 heterocycles. The quantitative estimate of drug-likeness (QED) is 0.640. The van der Waals surface area contributed by atoms with E-state index in [9.17, 15) is 0 Å². The number of hydrogen-bond acceptors (Lipinski definition) is 3. The van der Waals surface area contributed by atoms with E-state index in [2.05, 4.69) is 15.3 Å². The van der Waals surface area contributed by atoms with Gasteiger partial charge in [-0.1, -0.05) is 25.7 Å². The van der Waals surface area contributed by atoms with Crippen molar-refractivity contribution in [2.45, 2.75) is 45.4 Å². The Morgan fingerprint density at radius 3 is 2.82 bits per heavy atom. The first-order chi connectivity index (χ1) is 8.24. The number of halogens is 1. The van der Waals surface area contributed by atoms with Crippen molar-refractivity contribution in [1.82, 2.24) is 9.97 Å². The Balaban J connectivity index is 1.70. The van der Waals surface area contributed by atoms with Gasteiger partial charge in [0.2, 0.25) is 5.28 Å². The monoisotopic (exact) mass is 253 g/mol. The fourth-order valence-corrected chi connectivity index (χ4v) is 2.75. The zero-order chi connectivity index (χ0) is 12.1. The van der Waals surface area contributed by atoms with E-state index in [1.54, 1.807) is 0 Å². The summed E-state index contributed by atoms with van der Waals surface area (Å²) in [4.78, 5) is 8.19. The van der Waals surface area contributed by atoms with Gasteiger partial charge in [0, 0.05) is 18.3 Å². The summed E-state index contributed by atoms with van der Waals surface area (Å²) in [5.41, 5.74) is 0.906. The van der Waals surface area contributed by atoms with Gasteiger partial charge in [-0.25, -0.2) is 9.97 Å². The number of aromatic nitrogens is 2. The van der Waals surface area contributed by atoms with E-state index in [4.69, 9.17) is 11.6 Å². The minimum Gasteiger partial charge on any atom is -0.370 e. The minimum atomic E-state index is 0.322. The first kappa shape index (κ1) is 12.6. The lowest BCUT2D eigenvalue weighted by atomic mass is 10.0. The molecule has 94 valence electrons. The van der Waals surface area contributed by atoms with E-state index >= 15 is 0 Å². The maximum absolute atomic E-state index is 5.80. The Kier molecular flexibility index (Phi) is 4.60. The molecule has 17 heavy (non-hydrogen) atoms. The zero-order valence-electron chi connectivity index (χ0n) is 10.4. The highest BCUT2D eigenvalue weighted by Crippen LogP contribution is 2.28. The third-order valence-corrected chi connectivity index (χ3v) is 3.57. The predicted molar refractivity (Wildman–Crippen MR) is 71.5 cm³/mol. The summed E-state index contributed by atoms with van der Waals surface area (Å²) < 4.78 is 0. The first-order valence-corrected chi connectivity index (χ1v) is 6.87. The summed E-state index contributed by atoms with van der Waals surface area (Å²) in [6, 6.07) is 1.93. The SMILES string of the molecule is Cc1cc(NCCCC2CCCC2)nc(Cl)n1. The van der Waals surface area contributed by atoms with Gasteiger partial charge in [0.1, 0.15) is 5.82 Å². The summed E-state index contributed by atoms with van der Waals surface area (Å²) in [5.74, 6) is 1.81. The van der Waals surface area contributed by atoms with E-state index in [-0.39, 0.29) is 0 Å². The van der Waals surface area contributed by atoms with E-state index in [0.29, 0.717) is 5.28 Å². The van der Waals surface area contributed by atoms with Gasteiger partial charge < -0.3 is 5.32 Å². The standard InChI is InChI=1S/C13H20ClN3/c1-10-9-12(17-13(14)16-10)15-8-4-7-11-5-2-3-6-11/h9,11H,2-8H2,1H3,(H,15,16,17). The molecule has 1 aromatic rings. The molecule has 0 spiro atoms. The highest BCUT2D eigenvalue weighted by molar-refractivity contribution is 6.28. The van der Waals surface area contributed by atoms with Crippen LogP contribution in [0.3, 0.4) is 0 Å². The number of anilines is 1. The Bertz CT molecular complexity index is 341.